The Bertz CT molecular complexity index is 976. The van der Waals surface area contributed by atoms with Crippen LogP contribution in [-0.2, 0) is 19.2 Å². The molecular weight excluding hydrogens is 422 g/mol. The first kappa shape index (κ1) is 22.9. The fourth-order valence-corrected chi connectivity index (χ4v) is 3.57. The zero-order valence-corrected chi connectivity index (χ0v) is 17.3. The lowest BCUT2D eigenvalue weighted by molar-refractivity contribution is -0.139. The first-order valence-electron chi connectivity index (χ1n) is 10.1. The summed E-state index contributed by atoms with van der Waals surface area (Å²) in [6.07, 6.45) is 0.889. The van der Waals surface area contributed by atoms with Crippen LogP contribution in [0.3, 0.4) is 0 Å². The summed E-state index contributed by atoms with van der Waals surface area (Å²) in [5.74, 6) is -3.67. The maximum absolute atomic E-state index is 12.9. The zero-order valence-electron chi connectivity index (χ0n) is 17.3. The lowest BCUT2D eigenvalue weighted by Crippen LogP contribution is -2.41. The number of aldehydes is 1. The van der Waals surface area contributed by atoms with Crippen molar-refractivity contribution in [2.75, 3.05) is 20.2 Å². The molecule has 1 fully saturated rings. The normalized spacial score (nSPS) is 19.7. The molecule has 0 spiro atoms. The molecule has 0 aromatic heterocycles. The smallest absolute Gasteiger partial charge is 0.306 e. The lowest BCUT2D eigenvalue weighted by Gasteiger charge is -2.21. The van der Waals surface area contributed by atoms with Crippen molar-refractivity contribution in [3.05, 3.63) is 29.3 Å². The summed E-state index contributed by atoms with van der Waals surface area (Å²) in [4.78, 5) is 72.4. The van der Waals surface area contributed by atoms with Crippen molar-refractivity contribution in [1.29, 1.82) is 0 Å². The third-order valence-corrected chi connectivity index (χ3v) is 5.50. The molecule has 1 aliphatic carbocycles. The van der Waals surface area contributed by atoms with Crippen LogP contribution in [0.1, 0.15) is 40.0 Å². The molecule has 1 aliphatic heterocycles. The highest BCUT2D eigenvalue weighted by atomic mass is 16.5. The van der Waals surface area contributed by atoms with Crippen LogP contribution in [0.2, 0.25) is 0 Å². The molecule has 1 heterocycles. The van der Waals surface area contributed by atoms with E-state index in [1.807, 2.05) is 0 Å². The van der Waals surface area contributed by atoms with Crippen molar-refractivity contribution >= 4 is 35.9 Å². The first-order valence-corrected chi connectivity index (χ1v) is 10.1. The van der Waals surface area contributed by atoms with Crippen molar-refractivity contribution in [3.63, 3.8) is 0 Å². The van der Waals surface area contributed by atoms with Crippen LogP contribution in [0.4, 0.5) is 0 Å². The number of carbonyl (C=O) groups is 6. The van der Waals surface area contributed by atoms with Crippen LogP contribution in [0.5, 0.6) is 5.75 Å². The van der Waals surface area contributed by atoms with Gasteiger partial charge < -0.3 is 25.3 Å². The summed E-state index contributed by atoms with van der Waals surface area (Å²) in [6, 6.07) is 3.23. The molecule has 2 aliphatic rings. The molecule has 3 N–H and O–H groups in total. The second-order valence-electron chi connectivity index (χ2n) is 7.61. The fraction of sp³-hybridized carbons (Fsp3) is 0.429. The van der Waals surface area contributed by atoms with E-state index in [-0.39, 0.29) is 48.1 Å². The van der Waals surface area contributed by atoms with Gasteiger partial charge in [0, 0.05) is 20.0 Å². The minimum absolute atomic E-state index is 0.0179. The Hall–Kier alpha value is -3.76. The number of rotatable bonds is 11. The van der Waals surface area contributed by atoms with Crippen molar-refractivity contribution in [2.45, 2.75) is 25.3 Å². The molecule has 11 heteroatoms. The van der Waals surface area contributed by atoms with E-state index >= 15 is 0 Å². The molecule has 3 atom stereocenters. The average Bonchev–Trinajstić information content (AvgIpc) is 3.53. The molecule has 0 radical (unpaired) electrons. The van der Waals surface area contributed by atoms with Crippen LogP contribution in [0.15, 0.2) is 18.2 Å². The molecule has 11 nitrogen and oxygen atoms in total. The SMILES string of the molecule is CNC(=O)CCC(C=O)N1C(=O)c2cccc(OCC(=O)NCC3CC3C(=O)O)c2C1=O. The first-order chi connectivity index (χ1) is 15.3. The number of amides is 4. The molecule has 0 bridgehead atoms. The molecule has 3 unspecified atom stereocenters. The van der Waals surface area contributed by atoms with Gasteiger partial charge in [-0.25, -0.2) is 0 Å². The van der Waals surface area contributed by atoms with Gasteiger partial charge in [0.2, 0.25) is 5.91 Å². The Morgan fingerprint density at radius 3 is 2.62 bits per heavy atom. The lowest BCUT2D eigenvalue weighted by atomic mass is 10.1. The number of ether oxygens (including phenoxy) is 1. The second-order valence-corrected chi connectivity index (χ2v) is 7.61. The van der Waals surface area contributed by atoms with Crippen molar-refractivity contribution in [1.82, 2.24) is 15.5 Å². The van der Waals surface area contributed by atoms with E-state index in [0.29, 0.717) is 12.7 Å². The number of nitrogens with one attached hydrogen (secondary N) is 2. The molecule has 1 aromatic carbocycles. The third-order valence-electron chi connectivity index (χ3n) is 5.50. The molecule has 1 saturated carbocycles. The average molecular weight is 445 g/mol. The number of fused-ring (bicyclic) bond motifs is 1. The summed E-state index contributed by atoms with van der Waals surface area (Å²) in [7, 11) is 1.44. The minimum atomic E-state index is -1.11. The summed E-state index contributed by atoms with van der Waals surface area (Å²) in [5, 5.41) is 13.9. The quantitative estimate of drug-likeness (QED) is 0.306. The highest BCUT2D eigenvalue weighted by Crippen LogP contribution is 2.37. The highest BCUT2D eigenvalue weighted by molar-refractivity contribution is 6.23. The maximum Gasteiger partial charge on any atom is 0.306 e. The van der Waals surface area contributed by atoms with Gasteiger partial charge in [0.25, 0.3) is 17.7 Å². The van der Waals surface area contributed by atoms with E-state index in [4.69, 9.17) is 9.84 Å². The van der Waals surface area contributed by atoms with Gasteiger partial charge in [0.1, 0.15) is 12.0 Å². The zero-order chi connectivity index (χ0) is 23.4. The van der Waals surface area contributed by atoms with Gasteiger partial charge in [-0.2, -0.15) is 0 Å². The molecule has 32 heavy (non-hydrogen) atoms. The van der Waals surface area contributed by atoms with Crippen molar-refractivity contribution < 1.29 is 38.6 Å². The van der Waals surface area contributed by atoms with Gasteiger partial charge in [-0.05, 0) is 30.9 Å². The summed E-state index contributed by atoms with van der Waals surface area (Å²) in [5.41, 5.74) is -0.00721. The monoisotopic (exact) mass is 445 g/mol. The van der Waals surface area contributed by atoms with E-state index < -0.39 is 42.3 Å². The number of nitrogens with zero attached hydrogens (tertiary/aromatic N) is 1. The molecule has 4 amide bonds. The summed E-state index contributed by atoms with van der Waals surface area (Å²) >= 11 is 0. The Morgan fingerprint density at radius 1 is 1.25 bits per heavy atom. The van der Waals surface area contributed by atoms with Gasteiger partial charge in [-0.15, -0.1) is 0 Å². The van der Waals surface area contributed by atoms with Gasteiger partial charge in [-0.1, -0.05) is 6.07 Å². The predicted octanol–water partition coefficient (Wildman–Crippen LogP) is -0.408. The van der Waals surface area contributed by atoms with Crippen molar-refractivity contribution in [3.8, 4) is 5.75 Å². The van der Waals surface area contributed by atoms with Crippen LogP contribution < -0.4 is 15.4 Å². The summed E-state index contributed by atoms with van der Waals surface area (Å²) < 4.78 is 5.45. The Balaban J connectivity index is 1.64. The molecular formula is C21H23N3O8. The Labute approximate surface area is 183 Å². The van der Waals surface area contributed by atoms with Gasteiger partial charge >= 0.3 is 5.97 Å². The molecule has 170 valence electrons. The Kier molecular flexibility index (Phi) is 6.86. The number of carbonyl (C=O) groups excluding carboxylic acids is 5. The second kappa shape index (κ2) is 9.58. The van der Waals surface area contributed by atoms with Crippen LogP contribution >= 0.6 is 0 Å². The van der Waals surface area contributed by atoms with Crippen LogP contribution in [-0.4, -0.2) is 72.1 Å². The van der Waals surface area contributed by atoms with Gasteiger partial charge in [0.05, 0.1) is 23.1 Å². The molecule has 3 rings (SSSR count). The van der Waals surface area contributed by atoms with E-state index in [2.05, 4.69) is 10.6 Å². The number of hydrogen-bond donors (Lipinski definition) is 3. The fourth-order valence-electron chi connectivity index (χ4n) is 3.57. The predicted molar refractivity (Wildman–Crippen MR) is 108 cm³/mol. The highest BCUT2D eigenvalue weighted by Gasteiger charge is 2.43. The minimum Gasteiger partial charge on any atom is -0.483 e. The van der Waals surface area contributed by atoms with Gasteiger partial charge in [0.15, 0.2) is 6.61 Å². The van der Waals surface area contributed by atoms with E-state index in [1.165, 1.54) is 25.2 Å². The summed E-state index contributed by atoms with van der Waals surface area (Å²) in [6.45, 7) is -0.222. The molecule has 0 saturated heterocycles. The van der Waals surface area contributed by atoms with E-state index in [9.17, 15) is 28.8 Å². The van der Waals surface area contributed by atoms with Gasteiger partial charge in [-0.3, -0.25) is 28.9 Å². The number of benzene rings is 1. The largest absolute Gasteiger partial charge is 0.483 e. The Morgan fingerprint density at radius 2 is 2.00 bits per heavy atom. The number of carboxylic acids is 1. The standard InChI is InChI=1S/C21H23N3O8/c1-22-16(26)6-5-12(9-25)24-19(28)13-3-2-4-15(18(13)20(24)29)32-10-17(27)23-8-11-7-14(11)21(30)31/h2-4,9,11-12,14H,5-8,10H2,1H3,(H,22,26)(H,23,27)(H,30,31). The maximum atomic E-state index is 12.9. The van der Waals surface area contributed by atoms with Crippen LogP contribution in [0, 0.1) is 11.8 Å². The number of hydrogen-bond acceptors (Lipinski definition) is 7. The number of aliphatic carboxylic acids is 1. The van der Waals surface area contributed by atoms with E-state index in [0.717, 1.165) is 4.90 Å². The van der Waals surface area contributed by atoms with Crippen LogP contribution in [0.25, 0.3) is 0 Å². The molecule has 1 aromatic rings. The van der Waals surface area contributed by atoms with Crippen molar-refractivity contribution in [2.24, 2.45) is 11.8 Å². The third kappa shape index (κ3) is 4.76. The number of imide groups is 1. The van der Waals surface area contributed by atoms with E-state index in [1.54, 1.807) is 0 Å². The topological polar surface area (TPSA) is 159 Å². The number of carboxylic acid groups (broad SMARTS) is 1.